The number of aryl methyl sites for hydroxylation is 1. The van der Waals surface area contributed by atoms with Crippen LogP contribution in [0.1, 0.15) is 11.3 Å². The molecule has 0 fully saturated rings. The number of aromatic nitrogens is 3. The summed E-state index contributed by atoms with van der Waals surface area (Å²) in [6.45, 7) is 1.96. The molecule has 0 unspecified atom stereocenters. The van der Waals surface area contributed by atoms with E-state index in [2.05, 4.69) is 15.0 Å². The van der Waals surface area contributed by atoms with Gasteiger partial charge in [0, 0.05) is 6.20 Å². The maximum Gasteiger partial charge on any atom is 0.156 e. The van der Waals surface area contributed by atoms with Gasteiger partial charge in [0.25, 0.3) is 0 Å². The number of rotatable bonds is 2. The van der Waals surface area contributed by atoms with E-state index in [4.69, 9.17) is 5.11 Å². The summed E-state index contributed by atoms with van der Waals surface area (Å²) in [5, 5.41) is 8.85. The molecule has 0 bridgehead atoms. The lowest BCUT2D eigenvalue weighted by Crippen LogP contribution is -1.87. The lowest BCUT2D eigenvalue weighted by Gasteiger charge is -1.96. The molecule has 14 heavy (non-hydrogen) atoms. The summed E-state index contributed by atoms with van der Waals surface area (Å²) in [5.74, 6) is 0.689. The van der Waals surface area contributed by atoms with Crippen LogP contribution in [0, 0.1) is 6.92 Å². The lowest BCUT2D eigenvalue weighted by atomic mass is 10.3. The van der Waals surface area contributed by atoms with Crippen molar-refractivity contribution in [3.05, 3.63) is 35.8 Å². The van der Waals surface area contributed by atoms with Crippen LogP contribution >= 0.6 is 0 Å². The molecular weight excluding hydrogens is 178 g/mol. The van der Waals surface area contributed by atoms with Crippen molar-refractivity contribution in [1.82, 2.24) is 15.0 Å². The fourth-order valence-electron chi connectivity index (χ4n) is 1.18. The highest BCUT2D eigenvalue weighted by Gasteiger charge is 2.03. The van der Waals surface area contributed by atoms with Gasteiger partial charge in [-0.25, -0.2) is 4.98 Å². The number of hydrogen-bond acceptors (Lipinski definition) is 3. The second kappa shape index (κ2) is 3.59. The van der Waals surface area contributed by atoms with Crippen molar-refractivity contribution in [1.29, 1.82) is 0 Å². The van der Waals surface area contributed by atoms with Gasteiger partial charge in [-0.1, -0.05) is 6.07 Å². The number of nitrogens with one attached hydrogen (secondary N) is 1. The standard InChI is InChI=1S/C10H11N3O/c1-7-2-3-9(11-4-7)10-12-5-8(6-14)13-10/h2-5,14H,6H2,1H3,(H,12,13). The quantitative estimate of drug-likeness (QED) is 0.747. The van der Waals surface area contributed by atoms with Crippen molar-refractivity contribution in [3.8, 4) is 11.5 Å². The molecule has 0 saturated heterocycles. The third-order valence-corrected chi connectivity index (χ3v) is 1.95. The number of nitrogens with zero attached hydrogens (tertiary/aromatic N) is 2. The SMILES string of the molecule is Cc1ccc(-c2ncc(CO)[nH]2)nc1. The second-order valence-corrected chi connectivity index (χ2v) is 3.14. The molecule has 2 N–H and O–H groups in total. The van der Waals surface area contributed by atoms with Crippen LogP contribution in [0.5, 0.6) is 0 Å². The number of H-pyrrole nitrogens is 1. The molecular formula is C10H11N3O. The average molecular weight is 189 g/mol. The molecule has 0 aliphatic rings. The molecule has 4 heteroatoms. The van der Waals surface area contributed by atoms with Gasteiger partial charge in [-0.2, -0.15) is 0 Å². The van der Waals surface area contributed by atoms with E-state index in [1.54, 1.807) is 12.4 Å². The molecule has 2 aromatic heterocycles. The van der Waals surface area contributed by atoms with Gasteiger partial charge in [-0.3, -0.25) is 4.98 Å². The van der Waals surface area contributed by atoms with Crippen molar-refractivity contribution >= 4 is 0 Å². The van der Waals surface area contributed by atoms with Gasteiger partial charge < -0.3 is 10.1 Å². The number of aliphatic hydroxyl groups excluding tert-OH is 1. The number of aliphatic hydroxyl groups is 1. The Morgan fingerprint density at radius 2 is 2.14 bits per heavy atom. The third-order valence-electron chi connectivity index (χ3n) is 1.95. The Kier molecular flexibility index (Phi) is 2.28. The van der Waals surface area contributed by atoms with Crippen LogP contribution < -0.4 is 0 Å². The van der Waals surface area contributed by atoms with Crippen LogP contribution in [-0.4, -0.2) is 20.1 Å². The zero-order valence-electron chi connectivity index (χ0n) is 7.86. The molecule has 0 amide bonds. The van der Waals surface area contributed by atoms with Crippen LogP contribution in [0.4, 0.5) is 0 Å². The summed E-state index contributed by atoms with van der Waals surface area (Å²) in [6.07, 6.45) is 3.40. The smallest absolute Gasteiger partial charge is 0.156 e. The number of pyridine rings is 1. The van der Waals surface area contributed by atoms with E-state index in [1.165, 1.54) is 0 Å². The van der Waals surface area contributed by atoms with E-state index in [9.17, 15) is 0 Å². The molecule has 2 heterocycles. The first-order valence-electron chi connectivity index (χ1n) is 4.37. The zero-order valence-corrected chi connectivity index (χ0v) is 7.86. The summed E-state index contributed by atoms with van der Waals surface area (Å²) >= 11 is 0. The fraction of sp³-hybridized carbons (Fsp3) is 0.200. The van der Waals surface area contributed by atoms with Crippen molar-refractivity contribution in [2.24, 2.45) is 0 Å². The van der Waals surface area contributed by atoms with E-state index >= 15 is 0 Å². The van der Waals surface area contributed by atoms with E-state index in [0.29, 0.717) is 11.5 Å². The van der Waals surface area contributed by atoms with Crippen molar-refractivity contribution < 1.29 is 5.11 Å². The number of aromatic amines is 1. The Hall–Kier alpha value is -1.68. The first-order chi connectivity index (χ1) is 6.79. The molecule has 0 aromatic carbocycles. The van der Waals surface area contributed by atoms with Crippen LogP contribution in [0.3, 0.4) is 0 Å². The fourth-order valence-corrected chi connectivity index (χ4v) is 1.18. The maximum atomic E-state index is 8.85. The molecule has 0 aliphatic heterocycles. The van der Waals surface area contributed by atoms with Crippen LogP contribution in [-0.2, 0) is 6.61 Å². The number of imidazole rings is 1. The molecule has 0 atom stereocenters. The Morgan fingerprint density at radius 3 is 2.71 bits per heavy atom. The lowest BCUT2D eigenvalue weighted by molar-refractivity contribution is 0.277. The molecule has 0 aliphatic carbocycles. The topological polar surface area (TPSA) is 61.8 Å². The molecule has 0 radical (unpaired) electrons. The molecule has 0 spiro atoms. The van der Waals surface area contributed by atoms with E-state index < -0.39 is 0 Å². The van der Waals surface area contributed by atoms with Gasteiger partial charge in [0.2, 0.25) is 0 Å². The highest BCUT2D eigenvalue weighted by atomic mass is 16.3. The summed E-state index contributed by atoms with van der Waals surface area (Å²) in [6, 6.07) is 3.87. The Morgan fingerprint density at radius 1 is 1.29 bits per heavy atom. The minimum atomic E-state index is -0.0289. The summed E-state index contributed by atoms with van der Waals surface area (Å²) in [4.78, 5) is 11.3. The normalized spacial score (nSPS) is 10.4. The van der Waals surface area contributed by atoms with E-state index in [-0.39, 0.29) is 6.61 Å². The number of hydrogen-bond donors (Lipinski definition) is 2. The summed E-state index contributed by atoms with van der Waals surface area (Å²) in [5.41, 5.74) is 2.60. The maximum absolute atomic E-state index is 8.85. The minimum absolute atomic E-state index is 0.0289. The first-order valence-corrected chi connectivity index (χ1v) is 4.37. The molecule has 4 nitrogen and oxygen atoms in total. The molecule has 2 aromatic rings. The van der Waals surface area contributed by atoms with Crippen molar-refractivity contribution in [3.63, 3.8) is 0 Å². The Labute approximate surface area is 81.7 Å². The van der Waals surface area contributed by atoms with Gasteiger partial charge in [0.1, 0.15) is 5.69 Å². The van der Waals surface area contributed by atoms with E-state index in [1.807, 2.05) is 19.1 Å². The Balaban J connectivity index is 2.34. The molecule has 72 valence electrons. The van der Waals surface area contributed by atoms with E-state index in [0.717, 1.165) is 11.3 Å². The van der Waals surface area contributed by atoms with Crippen LogP contribution in [0.15, 0.2) is 24.5 Å². The van der Waals surface area contributed by atoms with Crippen LogP contribution in [0.25, 0.3) is 11.5 Å². The average Bonchev–Trinajstić information content (AvgIpc) is 2.67. The second-order valence-electron chi connectivity index (χ2n) is 3.14. The minimum Gasteiger partial charge on any atom is -0.390 e. The Bertz CT molecular complexity index is 419. The third kappa shape index (κ3) is 1.65. The predicted molar refractivity (Wildman–Crippen MR) is 52.5 cm³/mol. The largest absolute Gasteiger partial charge is 0.390 e. The van der Waals surface area contributed by atoms with Gasteiger partial charge in [-0.15, -0.1) is 0 Å². The monoisotopic (exact) mass is 189 g/mol. The van der Waals surface area contributed by atoms with Gasteiger partial charge in [0.15, 0.2) is 5.82 Å². The van der Waals surface area contributed by atoms with Crippen molar-refractivity contribution in [2.75, 3.05) is 0 Å². The van der Waals surface area contributed by atoms with Crippen molar-refractivity contribution in [2.45, 2.75) is 13.5 Å². The molecule has 0 saturated carbocycles. The zero-order chi connectivity index (χ0) is 9.97. The summed E-state index contributed by atoms with van der Waals surface area (Å²) in [7, 11) is 0. The summed E-state index contributed by atoms with van der Waals surface area (Å²) < 4.78 is 0. The highest BCUT2D eigenvalue weighted by molar-refractivity contribution is 5.49. The van der Waals surface area contributed by atoms with Gasteiger partial charge >= 0.3 is 0 Å². The molecule has 2 rings (SSSR count). The van der Waals surface area contributed by atoms with Gasteiger partial charge in [-0.05, 0) is 18.6 Å². The predicted octanol–water partition coefficient (Wildman–Crippen LogP) is 1.27. The first kappa shape index (κ1) is 8.90. The van der Waals surface area contributed by atoms with Crippen LogP contribution in [0.2, 0.25) is 0 Å². The van der Waals surface area contributed by atoms with Gasteiger partial charge in [0.05, 0.1) is 18.5 Å². The highest BCUT2D eigenvalue weighted by Crippen LogP contribution is 2.12.